The molecule has 18 nitrogen and oxygen atoms in total. The Morgan fingerprint density at radius 3 is 1.38 bits per heavy atom. The van der Waals surface area contributed by atoms with Gasteiger partial charge in [-0.05, 0) is 166 Å². The van der Waals surface area contributed by atoms with Gasteiger partial charge in [-0.1, -0.05) is 12.1 Å². The maximum atomic E-state index is 13.3. The minimum Gasteiger partial charge on any atom is -0.453 e. The molecule has 6 aromatic rings. The molecule has 0 atom stereocenters. The number of ether oxygens (including phenoxy) is 2. The van der Waals surface area contributed by atoms with Crippen molar-refractivity contribution in [1.29, 1.82) is 0 Å². The number of methoxy groups -OCH3 is 2. The van der Waals surface area contributed by atoms with Crippen molar-refractivity contribution in [3.8, 4) is 42.0 Å². The van der Waals surface area contributed by atoms with E-state index in [0.29, 0.717) is 49.1 Å². The molecule has 0 fully saturated rings. The van der Waals surface area contributed by atoms with E-state index in [2.05, 4.69) is 72.5 Å². The number of aromatic nitrogens is 2. The maximum Gasteiger partial charge on any atom is 0.411 e. The molecule has 0 aliphatic heterocycles. The number of anilines is 4. The monoisotopic (exact) mass is 1120 g/mol. The maximum absolute atomic E-state index is 13.3. The number of carbonyl (C=O) groups is 2. The standard InChI is InChI=1S/C25H31N5O4S3.C21H24N4O4S2.C4H7NS/c1-15(2)27-23(35)28-17-9-7-16(8-10-17)22-26-14-20(36-22)19-12-11-18(29-24(31)34-6)13-21(19)37(32,33)30-25(3,4)5;1-21(2,3)25-31(27,28)18-11-15(24-20(26)29-4)9-10-16(18)17-12-23-19(30-17)13-5-7-14(22)8-6-13;1-4(2)5-3-6/h7-15,30H,1-6H3,(H,29,31)(H2,27,28,35);5-12,25H,22H2,1-4H3,(H,24,26);4H,1-2H3. The number of nitrogens with one attached hydrogen (secondary N) is 6. The fourth-order valence-electron chi connectivity index (χ4n) is 6.23. The Morgan fingerprint density at radius 2 is 1.04 bits per heavy atom. The number of nitrogens with zero attached hydrogens (tertiary/aromatic N) is 3. The Kier molecular flexibility index (Phi) is 21.5. The summed E-state index contributed by atoms with van der Waals surface area (Å²) in [4.78, 5) is 37.3. The molecular formula is C50H62N10O8S6. The van der Waals surface area contributed by atoms with Crippen molar-refractivity contribution in [1.82, 2.24) is 24.7 Å². The lowest BCUT2D eigenvalue weighted by atomic mass is 10.1. The van der Waals surface area contributed by atoms with E-state index in [0.717, 1.165) is 26.8 Å². The number of rotatable bonds is 13. The van der Waals surface area contributed by atoms with E-state index in [-0.39, 0.29) is 15.8 Å². The van der Waals surface area contributed by atoms with Crippen LogP contribution >= 0.6 is 47.1 Å². The van der Waals surface area contributed by atoms with E-state index >= 15 is 0 Å². The second kappa shape index (κ2) is 26.3. The summed E-state index contributed by atoms with van der Waals surface area (Å²) in [5.41, 5.74) is 9.15. The molecule has 0 bridgehead atoms. The Morgan fingerprint density at radius 1 is 0.649 bits per heavy atom. The predicted octanol–water partition coefficient (Wildman–Crippen LogP) is 11.2. The van der Waals surface area contributed by atoms with Crippen molar-refractivity contribution < 1.29 is 35.9 Å². The van der Waals surface area contributed by atoms with Crippen LogP contribution in [0.1, 0.15) is 69.2 Å². The molecule has 0 saturated heterocycles. The molecule has 0 aliphatic carbocycles. The van der Waals surface area contributed by atoms with Crippen LogP contribution in [0.4, 0.5) is 32.3 Å². The largest absolute Gasteiger partial charge is 0.453 e. The van der Waals surface area contributed by atoms with Crippen LogP contribution in [0.2, 0.25) is 0 Å². The number of isothiocyanates is 1. The van der Waals surface area contributed by atoms with Gasteiger partial charge in [-0.2, -0.15) is 0 Å². The van der Waals surface area contributed by atoms with E-state index in [4.69, 9.17) is 18.0 Å². The first-order valence-electron chi connectivity index (χ1n) is 22.6. The lowest BCUT2D eigenvalue weighted by Crippen LogP contribution is -2.40. The zero-order chi connectivity index (χ0) is 55.2. The smallest absolute Gasteiger partial charge is 0.411 e. The van der Waals surface area contributed by atoms with Gasteiger partial charge < -0.3 is 25.8 Å². The molecule has 0 radical (unpaired) electrons. The summed E-state index contributed by atoms with van der Waals surface area (Å²) in [6.07, 6.45) is 1.89. The number of nitrogen functional groups attached to an aromatic ring is 1. The van der Waals surface area contributed by atoms with E-state index in [1.807, 2.05) is 64.1 Å². The van der Waals surface area contributed by atoms with Gasteiger partial charge in [0.25, 0.3) is 0 Å². The molecular weight excluding hydrogens is 1060 g/mol. The molecule has 2 aromatic heterocycles. The Bertz CT molecular complexity index is 3180. The van der Waals surface area contributed by atoms with E-state index in [1.54, 1.807) is 90.3 Å². The van der Waals surface area contributed by atoms with Gasteiger partial charge in [-0.15, -0.1) is 22.7 Å². The third-order valence-corrected chi connectivity index (χ3v) is 15.2. The highest BCUT2D eigenvalue weighted by Gasteiger charge is 2.28. The van der Waals surface area contributed by atoms with Crippen molar-refractivity contribution in [3.63, 3.8) is 0 Å². The number of sulfonamides is 2. The van der Waals surface area contributed by atoms with E-state index in [9.17, 15) is 26.4 Å². The quantitative estimate of drug-likeness (QED) is 0.0322. The molecule has 74 heavy (non-hydrogen) atoms. The van der Waals surface area contributed by atoms with Gasteiger partial charge in [0.05, 0.1) is 45.0 Å². The van der Waals surface area contributed by atoms with Crippen molar-refractivity contribution >= 4 is 112 Å². The number of nitrogens with two attached hydrogens (primary N) is 1. The van der Waals surface area contributed by atoms with E-state index < -0.39 is 43.3 Å². The van der Waals surface area contributed by atoms with Crippen LogP contribution in [0, 0.1) is 0 Å². The minimum atomic E-state index is -3.93. The van der Waals surface area contributed by atoms with Gasteiger partial charge in [0.2, 0.25) is 20.0 Å². The molecule has 0 unspecified atom stereocenters. The first-order valence-corrected chi connectivity index (χ1v) is 28.0. The van der Waals surface area contributed by atoms with Crippen LogP contribution in [0.25, 0.3) is 42.0 Å². The summed E-state index contributed by atoms with van der Waals surface area (Å²) in [7, 11) is -5.36. The summed E-state index contributed by atoms with van der Waals surface area (Å²) in [6.45, 7) is 18.5. The molecule has 6 rings (SSSR count). The number of hydrogen-bond acceptors (Lipinski definition) is 16. The summed E-state index contributed by atoms with van der Waals surface area (Å²) in [6, 6.07) is 24.8. The molecule has 2 amide bonds. The Hall–Kier alpha value is -6.21. The van der Waals surface area contributed by atoms with E-state index in [1.165, 1.54) is 49.0 Å². The van der Waals surface area contributed by atoms with Crippen LogP contribution in [-0.4, -0.2) is 86.6 Å². The molecule has 8 N–H and O–H groups in total. The summed E-state index contributed by atoms with van der Waals surface area (Å²) < 4.78 is 67.6. The minimum absolute atomic E-state index is 0.0252. The van der Waals surface area contributed by atoms with Crippen LogP contribution in [0.5, 0.6) is 0 Å². The lowest BCUT2D eigenvalue weighted by molar-refractivity contribution is 0.186. The fraction of sp³-hybridized carbons (Fsp3) is 0.320. The van der Waals surface area contributed by atoms with Gasteiger partial charge in [0.15, 0.2) is 5.11 Å². The van der Waals surface area contributed by atoms with Crippen LogP contribution in [0.3, 0.4) is 0 Å². The molecule has 396 valence electrons. The lowest BCUT2D eigenvalue weighted by Gasteiger charge is -2.22. The van der Waals surface area contributed by atoms with Crippen LogP contribution in [-0.2, 0) is 29.5 Å². The highest BCUT2D eigenvalue weighted by atomic mass is 32.2. The van der Waals surface area contributed by atoms with Gasteiger partial charge in [0, 0.05) is 74.5 Å². The SMILES string of the molecule is CC(C)N=C=S.COC(=O)Nc1ccc(-c2cnc(-c3ccc(N)cc3)s2)c(S(=O)(=O)NC(C)(C)C)c1.COC(=O)Nc1ccc(-c2cnc(-c3ccc(NC(=S)NC(C)C)cc3)s2)c(S(=O)(=O)NC(C)(C)C)c1. The van der Waals surface area contributed by atoms with Gasteiger partial charge in [0.1, 0.15) is 10.0 Å². The van der Waals surface area contributed by atoms with Crippen LogP contribution in [0.15, 0.2) is 112 Å². The Balaban J connectivity index is 0.000000292. The zero-order valence-electron chi connectivity index (χ0n) is 43.0. The van der Waals surface area contributed by atoms with Gasteiger partial charge in [-0.25, -0.2) is 50.8 Å². The number of aliphatic imine (C=N–C) groups is 1. The molecule has 2 heterocycles. The highest BCUT2D eigenvalue weighted by Crippen LogP contribution is 2.39. The second-order valence-electron chi connectivity index (χ2n) is 18.7. The first-order chi connectivity index (χ1) is 34.5. The number of hydrogen-bond donors (Lipinski definition) is 7. The fourth-order valence-corrected chi connectivity index (χ4v) is 12.2. The van der Waals surface area contributed by atoms with Gasteiger partial charge >= 0.3 is 12.2 Å². The number of benzene rings is 4. The average Bonchev–Trinajstić information content (AvgIpc) is 4.00. The predicted molar refractivity (Wildman–Crippen MR) is 307 cm³/mol. The molecule has 0 aliphatic rings. The third-order valence-electron chi connectivity index (χ3n) is 9.11. The zero-order valence-corrected chi connectivity index (χ0v) is 47.9. The number of carbonyl (C=O) groups excluding carboxylic acids is 2. The number of thiazole rings is 2. The molecule has 0 spiro atoms. The molecule has 24 heteroatoms. The average molecular weight is 1120 g/mol. The summed E-state index contributed by atoms with van der Waals surface area (Å²) in [5, 5.41) is 15.6. The first kappa shape index (κ1) is 60.3. The second-order valence-corrected chi connectivity index (χ2v) is 24.6. The number of amides is 2. The molecule has 0 saturated carbocycles. The summed E-state index contributed by atoms with van der Waals surface area (Å²) >= 11 is 12.3. The van der Waals surface area contributed by atoms with Crippen molar-refractivity contribution in [3.05, 3.63) is 97.3 Å². The van der Waals surface area contributed by atoms with Crippen molar-refractivity contribution in [2.24, 2.45) is 4.99 Å². The van der Waals surface area contributed by atoms with Crippen LogP contribution < -0.4 is 36.4 Å². The topological polar surface area (TPSA) is 257 Å². The third kappa shape index (κ3) is 18.9. The summed E-state index contributed by atoms with van der Waals surface area (Å²) in [5.74, 6) is 0. The van der Waals surface area contributed by atoms with Gasteiger partial charge in [-0.3, -0.25) is 10.6 Å². The Labute approximate surface area is 452 Å². The normalized spacial score (nSPS) is 11.5. The highest BCUT2D eigenvalue weighted by molar-refractivity contribution is 7.90. The molecule has 4 aromatic carbocycles. The van der Waals surface area contributed by atoms with Crippen molar-refractivity contribution in [2.75, 3.05) is 35.9 Å². The number of thiocarbonyl (C=S) groups is 2. The van der Waals surface area contributed by atoms with Crippen molar-refractivity contribution in [2.45, 2.75) is 102 Å².